The van der Waals surface area contributed by atoms with Crippen LogP contribution >= 0.6 is 0 Å². The molecule has 0 saturated heterocycles. The van der Waals surface area contributed by atoms with Crippen LogP contribution in [0, 0.1) is 6.20 Å². The quantitative estimate of drug-likeness (QED) is 0.299. The van der Waals surface area contributed by atoms with Crippen molar-refractivity contribution < 1.29 is 22.4 Å². The fourth-order valence-electron chi connectivity index (χ4n) is 3.42. The van der Waals surface area contributed by atoms with Crippen molar-refractivity contribution in [2.24, 2.45) is 0 Å². The number of hydrogen-bond acceptors (Lipinski definition) is 6. The molecule has 5 rings (SSSR count). The lowest BCUT2D eigenvalue weighted by Crippen LogP contribution is -2.04. The van der Waals surface area contributed by atoms with E-state index in [2.05, 4.69) is 33.2 Å². The molecule has 0 aliphatic rings. The summed E-state index contributed by atoms with van der Waals surface area (Å²) in [7, 11) is 0. The SMILES string of the molecule is CCCn1[c]cc2ccc(Oc3cnc(-c4nc(-c5ccc(C(F)(F)F)cc5)no4)cn3)cc21. The molecule has 3 heterocycles. The maximum atomic E-state index is 12.7. The lowest BCUT2D eigenvalue weighted by Gasteiger charge is -2.07. The minimum atomic E-state index is -4.41. The summed E-state index contributed by atoms with van der Waals surface area (Å²) in [4.78, 5) is 12.7. The van der Waals surface area contributed by atoms with Gasteiger partial charge in [-0.3, -0.25) is 0 Å². The topological polar surface area (TPSA) is 78.9 Å². The third-order valence-electron chi connectivity index (χ3n) is 5.08. The Balaban J connectivity index is 1.32. The Morgan fingerprint density at radius 1 is 1.06 bits per heavy atom. The fraction of sp³-hybridized carbons (Fsp3) is 0.167. The van der Waals surface area contributed by atoms with E-state index in [4.69, 9.17) is 9.26 Å². The minimum absolute atomic E-state index is 0.0864. The molecule has 1 radical (unpaired) electrons. The Labute approximate surface area is 191 Å². The summed E-state index contributed by atoms with van der Waals surface area (Å²) in [6.45, 7) is 2.97. The van der Waals surface area contributed by atoms with Gasteiger partial charge in [-0.15, -0.1) is 0 Å². The van der Waals surface area contributed by atoms with E-state index >= 15 is 0 Å². The molecule has 34 heavy (non-hydrogen) atoms. The van der Waals surface area contributed by atoms with Crippen LogP contribution in [0.4, 0.5) is 13.2 Å². The highest BCUT2D eigenvalue weighted by Crippen LogP contribution is 2.31. The van der Waals surface area contributed by atoms with Gasteiger partial charge in [0.15, 0.2) is 0 Å². The lowest BCUT2D eigenvalue weighted by atomic mass is 10.1. The highest BCUT2D eigenvalue weighted by molar-refractivity contribution is 5.81. The van der Waals surface area contributed by atoms with Gasteiger partial charge in [-0.2, -0.15) is 18.2 Å². The van der Waals surface area contributed by atoms with Gasteiger partial charge in [-0.25, -0.2) is 9.97 Å². The largest absolute Gasteiger partial charge is 0.437 e. The monoisotopic (exact) mass is 464 g/mol. The zero-order chi connectivity index (χ0) is 23.7. The molecule has 10 heteroatoms. The summed E-state index contributed by atoms with van der Waals surface area (Å²) >= 11 is 0. The van der Waals surface area contributed by atoms with Crippen molar-refractivity contribution in [2.45, 2.75) is 26.1 Å². The van der Waals surface area contributed by atoms with Gasteiger partial charge < -0.3 is 13.8 Å². The third kappa shape index (κ3) is 4.34. The smallest absolute Gasteiger partial charge is 0.416 e. The molecule has 0 amide bonds. The predicted molar refractivity (Wildman–Crippen MR) is 117 cm³/mol. The molecule has 171 valence electrons. The van der Waals surface area contributed by atoms with Gasteiger partial charge in [-0.1, -0.05) is 24.2 Å². The highest BCUT2D eigenvalue weighted by atomic mass is 19.4. The van der Waals surface area contributed by atoms with Gasteiger partial charge in [0, 0.05) is 23.6 Å². The predicted octanol–water partition coefficient (Wildman–Crippen LogP) is 6.17. The zero-order valence-electron chi connectivity index (χ0n) is 17.9. The average molecular weight is 464 g/mol. The number of benzene rings is 2. The second-order valence-corrected chi connectivity index (χ2v) is 7.49. The van der Waals surface area contributed by atoms with Crippen molar-refractivity contribution >= 4 is 10.9 Å². The van der Waals surface area contributed by atoms with Crippen LogP contribution in [0.25, 0.3) is 33.9 Å². The molecular formula is C24H17F3N5O2. The normalized spacial score (nSPS) is 11.8. The Morgan fingerprint density at radius 2 is 1.88 bits per heavy atom. The molecular weight excluding hydrogens is 447 g/mol. The molecule has 5 aromatic rings. The van der Waals surface area contributed by atoms with Crippen LogP contribution in [-0.2, 0) is 12.7 Å². The van der Waals surface area contributed by atoms with Crippen LogP contribution < -0.4 is 4.74 Å². The molecule has 0 atom stereocenters. The van der Waals surface area contributed by atoms with Gasteiger partial charge in [0.2, 0.25) is 11.7 Å². The highest BCUT2D eigenvalue weighted by Gasteiger charge is 2.30. The minimum Gasteiger partial charge on any atom is -0.437 e. The summed E-state index contributed by atoms with van der Waals surface area (Å²) in [6, 6.07) is 12.2. The summed E-state index contributed by atoms with van der Waals surface area (Å²) in [5, 5.41) is 4.89. The number of ether oxygens (including phenoxy) is 1. The number of fused-ring (bicyclic) bond motifs is 1. The van der Waals surface area contributed by atoms with Gasteiger partial charge in [0.25, 0.3) is 5.89 Å². The van der Waals surface area contributed by atoms with Gasteiger partial charge >= 0.3 is 6.18 Å². The van der Waals surface area contributed by atoms with Crippen LogP contribution in [0.15, 0.2) is 65.4 Å². The maximum absolute atomic E-state index is 12.7. The first kappa shape index (κ1) is 21.6. The Morgan fingerprint density at radius 3 is 2.59 bits per heavy atom. The summed E-state index contributed by atoms with van der Waals surface area (Å²) in [5.74, 6) is 1.12. The molecule has 0 fully saturated rings. The molecule has 0 bridgehead atoms. The number of aryl methyl sites for hydroxylation is 1. The van der Waals surface area contributed by atoms with E-state index in [1.807, 2.05) is 28.8 Å². The van der Waals surface area contributed by atoms with E-state index in [-0.39, 0.29) is 17.6 Å². The summed E-state index contributed by atoms with van der Waals surface area (Å²) in [5.41, 5.74) is 0.958. The number of alkyl halides is 3. The van der Waals surface area contributed by atoms with Crippen molar-refractivity contribution in [1.29, 1.82) is 0 Å². The zero-order valence-corrected chi connectivity index (χ0v) is 17.9. The van der Waals surface area contributed by atoms with E-state index < -0.39 is 11.7 Å². The van der Waals surface area contributed by atoms with Crippen LogP contribution in [0.1, 0.15) is 18.9 Å². The van der Waals surface area contributed by atoms with Gasteiger partial charge in [-0.05, 0) is 36.8 Å². The van der Waals surface area contributed by atoms with Crippen LogP contribution in [-0.4, -0.2) is 24.7 Å². The number of aromatic nitrogens is 5. The first-order valence-corrected chi connectivity index (χ1v) is 10.4. The Hall–Kier alpha value is -4.21. The summed E-state index contributed by atoms with van der Waals surface area (Å²) < 4.78 is 51.3. The van der Waals surface area contributed by atoms with E-state index in [1.165, 1.54) is 24.5 Å². The Bertz CT molecular complexity index is 1420. The fourth-order valence-corrected chi connectivity index (χ4v) is 3.42. The van der Waals surface area contributed by atoms with Crippen LogP contribution in [0.2, 0.25) is 0 Å². The lowest BCUT2D eigenvalue weighted by molar-refractivity contribution is -0.137. The van der Waals surface area contributed by atoms with Crippen molar-refractivity contribution in [3.05, 3.63) is 72.7 Å². The van der Waals surface area contributed by atoms with Gasteiger partial charge in [0.05, 0.1) is 29.7 Å². The standard InChI is InChI=1S/C24H17F3N5O2/c1-2-10-32-11-9-15-5-8-18(12-20(15)32)33-21-14-28-19(13-29-21)23-30-22(31-34-23)16-3-6-17(7-4-16)24(25,26)27/h3-9,12-14H,2,10H2,1H3. The molecule has 3 aromatic heterocycles. The van der Waals surface area contributed by atoms with Crippen LogP contribution in [0.5, 0.6) is 11.6 Å². The van der Waals surface area contributed by atoms with E-state index in [1.54, 1.807) is 0 Å². The molecule has 0 saturated carbocycles. The second-order valence-electron chi connectivity index (χ2n) is 7.49. The first-order chi connectivity index (χ1) is 16.4. The third-order valence-corrected chi connectivity index (χ3v) is 5.08. The van der Waals surface area contributed by atoms with Gasteiger partial charge in [0.1, 0.15) is 11.4 Å². The van der Waals surface area contributed by atoms with Crippen molar-refractivity contribution in [3.8, 4) is 34.6 Å². The summed E-state index contributed by atoms with van der Waals surface area (Å²) in [6.07, 6.45) is 2.65. The average Bonchev–Trinajstić information content (AvgIpc) is 3.47. The molecule has 0 N–H and O–H groups in total. The van der Waals surface area contributed by atoms with E-state index in [0.29, 0.717) is 17.0 Å². The molecule has 2 aromatic carbocycles. The molecule has 0 aliphatic heterocycles. The molecule has 7 nitrogen and oxygen atoms in total. The number of halogens is 3. The van der Waals surface area contributed by atoms with Crippen molar-refractivity contribution in [2.75, 3.05) is 0 Å². The second kappa shape index (κ2) is 8.62. The van der Waals surface area contributed by atoms with Crippen LogP contribution in [0.3, 0.4) is 0 Å². The number of hydrogen-bond donors (Lipinski definition) is 0. The first-order valence-electron chi connectivity index (χ1n) is 10.4. The Kier molecular flexibility index (Phi) is 5.48. The maximum Gasteiger partial charge on any atom is 0.416 e. The van der Waals surface area contributed by atoms with Crippen molar-refractivity contribution in [1.82, 2.24) is 24.7 Å². The van der Waals surface area contributed by atoms with Crippen molar-refractivity contribution in [3.63, 3.8) is 0 Å². The molecule has 0 aliphatic carbocycles. The number of nitrogens with zero attached hydrogens (tertiary/aromatic N) is 5. The number of rotatable bonds is 6. The molecule has 0 unspecified atom stereocenters. The van der Waals surface area contributed by atoms with E-state index in [0.717, 1.165) is 36.0 Å². The van der Waals surface area contributed by atoms with E-state index in [9.17, 15) is 13.2 Å². The molecule has 0 spiro atoms.